The smallest absolute Gasteiger partial charge is 0.251 e. The molecule has 4 amide bonds. The maximum absolute atomic E-state index is 13.9. The summed E-state index contributed by atoms with van der Waals surface area (Å²) in [6.07, 6.45) is 9.99. The number of carbonyl (C=O) groups is 4. The van der Waals surface area contributed by atoms with Crippen LogP contribution in [0.5, 0.6) is 5.75 Å². The summed E-state index contributed by atoms with van der Waals surface area (Å²) < 4.78 is 25.0. The fraction of sp³-hybridized carbons (Fsp3) is 0.475. The number of hydrogen-bond acceptors (Lipinski definition) is 15. The van der Waals surface area contributed by atoms with Crippen LogP contribution in [0.1, 0.15) is 112 Å². The number of aryl methyl sites for hydroxylation is 1. The van der Waals surface area contributed by atoms with Crippen LogP contribution in [0.2, 0.25) is 0 Å². The first-order valence-electron chi connectivity index (χ1n) is 27.4. The van der Waals surface area contributed by atoms with Crippen molar-refractivity contribution in [1.82, 2.24) is 50.6 Å². The number of nitrogens with one attached hydrogen (secondary N) is 4. The number of hydrogen-bond donors (Lipinski definition) is 4. The molecule has 3 aromatic heterocycles. The van der Waals surface area contributed by atoms with Gasteiger partial charge in [-0.25, -0.2) is 15.0 Å². The third kappa shape index (κ3) is 18.8. The Balaban J connectivity index is 0.662. The Morgan fingerprint density at radius 2 is 1.48 bits per heavy atom. The molecule has 4 heterocycles. The summed E-state index contributed by atoms with van der Waals surface area (Å²) in [5, 5.41) is 20.9. The van der Waals surface area contributed by atoms with E-state index in [4.69, 9.17) is 18.9 Å². The monoisotopic (exact) mass is 1100 g/mol. The predicted molar refractivity (Wildman–Crippen MR) is 304 cm³/mol. The average Bonchev–Trinajstić information content (AvgIpc) is 4.29. The molecule has 0 aliphatic carbocycles. The van der Waals surface area contributed by atoms with Crippen LogP contribution in [0.4, 0.5) is 5.69 Å². The lowest BCUT2D eigenvalue weighted by Crippen LogP contribution is -2.57. The second-order valence-electron chi connectivity index (χ2n) is 20.7. The van der Waals surface area contributed by atoms with Gasteiger partial charge in [0, 0.05) is 63.8 Å². The van der Waals surface area contributed by atoms with E-state index < -0.39 is 17.5 Å². The van der Waals surface area contributed by atoms with Crippen molar-refractivity contribution in [2.24, 2.45) is 12.5 Å². The summed E-state index contributed by atoms with van der Waals surface area (Å²) in [6, 6.07) is 23.7. The molecule has 1 aliphatic rings. The Labute approximate surface area is 468 Å². The predicted octanol–water partition coefficient (Wildman–Crippen LogP) is 8.24. The van der Waals surface area contributed by atoms with E-state index >= 15 is 0 Å². The third-order valence-corrected chi connectivity index (χ3v) is 14.5. The van der Waals surface area contributed by atoms with Crippen molar-refractivity contribution in [2.45, 2.75) is 117 Å². The highest BCUT2D eigenvalue weighted by Crippen LogP contribution is 2.29. The minimum atomic E-state index is -0.760. The van der Waals surface area contributed by atoms with Gasteiger partial charge < -0.3 is 49.7 Å². The van der Waals surface area contributed by atoms with Crippen molar-refractivity contribution in [2.75, 3.05) is 58.1 Å². The molecule has 0 radical (unpaired) electrons. The maximum atomic E-state index is 13.9. The van der Waals surface area contributed by atoms with E-state index in [1.807, 2.05) is 112 Å². The highest BCUT2D eigenvalue weighted by atomic mass is 32.1. The van der Waals surface area contributed by atoms with Gasteiger partial charge in [-0.1, -0.05) is 69.7 Å². The molecule has 20 heteroatoms. The molecule has 6 aromatic rings. The van der Waals surface area contributed by atoms with E-state index in [-0.39, 0.29) is 30.0 Å². The highest BCUT2D eigenvalue weighted by molar-refractivity contribution is 7.13. The average molecular weight is 1100 g/mol. The Morgan fingerprint density at radius 1 is 0.759 bits per heavy atom. The number of likely N-dealkylation sites (tertiary alicyclic amines) is 1. The molecule has 0 bridgehead atoms. The van der Waals surface area contributed by atoms with Crippen LogP contribution >= 0.6 is 11.3 Å². The van der Waals surface area contributed by atoms with E-state index in [1.54, 1.807) is 34.6 Å². The molecule has 7 rings (SSSR count). The Morgan fingerprint density at radius 3 is 2.20 bits per heavy atom. The van der Waals surface area contributed by atoms with Gasteiger partial charge in [-0.15, -0.1) is 21.5 Å². The lowest BCUT2D eigenvalue weighted by atomic mass is 9.85. The number of benzene rings is 3. The van der Waals surface area contributed by atoms with Gasteiger partial charge in [0.1, 0.15) is 29.9 Å². The van der Waals surface area contributed by atoms with Gasteiger partial charge in [-0.2, -0.15) is 0 Å². The summed E-state index contributed by atoms with van der Waals surface area (Å²) in [7, 11) is 1.88. The quantitative estimate of drug-likeness (QED) is 0.0292. The second kappa shape index (κ2) is 30.9. The molecule has 1 fully saturated rings. The molecule has 19 nitrogen and oxygen atoms in total. The van der Waals surface area contributed by atoms with Crippen LogP contribution in [-0.2, 0) is 55.3 Å². The van der Waals surface area contributed by atoms with Gasteiger partial charge in [0.05, 0.1) is 55.7 Å². The summed E-state index contributed by atoms with van der Waals surface area (Å²) in [5.74, 6) is 1.36. The maximum Gasteiger partial charge on any atom is 0.251 e. The normalized spacial score (nSPS) is 13.7. The number of unbranched alkanes of at least 4 members (excludes halogenated alkanes) is 4. The van der Waals surface area contributed by atoms with Gasteiger partial charge in [0.2, 0.25) is 17.7 Å². The largest absolute Gasteiger partial charge is 0.494 e. The third-order valence-electron chi connectivity index (χ3n) is 13.5. The zero-order valence-electron chi connectivity index (χ0n) is 46.3. The van der Waals surface area contributed by atoms with E-state index in [0.29, 0.717) is 109 Å². The molecule has 422 valence electrons. The number of ether oxygens (including phenoxy) is 4. The van der Waals surface area contributed by atoms with Gasteiger partial charge in [-0.05, 0) is 110 Å². The molecular formula is C59H77N11O8S. The van der Waals surface area contributed by atoms with Gasteiger partial charge >= 0.3 is 0 Å². The Bertz CT molecular complexity index is 2860. The van der Waals surface area contributed by atoms with Crippen LogP contribution in [0.15, 0.2) is 96.9 Å². The van der Waals surface area contributed by atoms with Crippen molar-refractivity contribution in [3.05, 3.63) is 125 Å². The van der Waals surface area contributed by atoms with E-state index in [9.17, 15) is 19.2 Å². The number of anilines is 1. The summed E-state index contributed by atoms with van der Waals surface area (Å²) in [4.78, 5) is 68.9. The van der Waals surface area contributed by atoms with Gasteiger partial charge in [0.15, 0.2) is 11.6 Å². The minimum Gasteiger partial charge on any atom is -0.494 e. The lowest BCUT2D eigenvalue weighted by molar-refractivity contribution is -0.144. The first kappa shape index (κ1) is 59.5. The van der Waals surface area contributed by atoms with Crippen LogP contribution in [0.25, 0.3) is 22.0 Å². The number of aromatic nitrogens is 6. The summed E-state index contributed by atoms with van der Waals surface area (Å²) in [5.41, 5.74) is 7.31. The highest BCUT2D eigenvalue weighted by Gasteiger charge is 2.41. The van der Waals surface area contributed by atoms with Crippen molar-refractivity contribution in [3.8, 4) is 27.7 Å². The first-order chi connectivity index (χ1) is 38.3. The minimum absolute atomic E-state index is 0.177. The van der Waals surface area contributed by atoms with Gasteiger partial charge in [-0.3, -0.25) is 19.2 Å². The van der Waals surface area contributed by atoms with Gasteiger partial charge in [0.25, 0.3) is 5.91 Å². The van der Waals surface area contributed by atoms with E-state index in [2.05, 4.69) is 46.4 Å². The fourth-order valence-corrected chi connectivity index (χ4v) is 9.85. The van der Waals surface area contributed by atoms with Crippen LogP contribution in [0.3, 0.4) is 0 Å². The summed E-state index contributed by atoms with van der Waals surface area (Å²) >= 11 is 1.60. The van der Waals surface area contributed by atoms with E-state index in [0.717, 1.165) is 76.6 Å². The summed E-state index contributed by atoms with van der Waals surface area (Å²) in [6.45, 7) is 13.1. The topological polar surface area (TPSA) is 226 Å². The molecule has 3 aromatic carbocycles. The number of thiazole rings is 1. The second-order valence-corrected chi connectivity index (χ2v) is 21.5. The van der Waals surface area contributed by atoms with Crippen molar-refractivity contribution in [3.63, 3.8) is 0 Å². The molecule has 0 unspecified atom stereocenters. The molecule has 2 atom stereocenters. The molecule has 0 saturated carbocycles. The van der Waals surface area contributed by atoms with Crippen LogP contribution in [0, 0.1) is 12.3 Å². The molecular weight excluding hydrogens is 1020 g/mol. The van der Waals surface area contributed by atoms with Crippen molar-refractivity contribution in [1.29, 1.82) is 0 Å². The van der Waals surface area contributed by atoms with Crippen molar-refractivity contribution < 1.29 is 38.1 Å². The standard InChI is InChI=1S/C59H77N11O8S/c1-42-53(79-41-65-42)45-23-21-43(22-24-45)37-63-57(73)50-19-14-27-70(50)58(74)54(59(2,3)4)66-52(71)20-8-11-29-76-32-34-77-33-31-75-28-9-6-7-10-30-78-48-18-12-15-44(35-48)38-62-56(72)46-16-13-17-47(36-46)61-39-51-67-68-55(69(51)5)49-25-26-60-40-64-49/h12-13,15-18,21-26,35-36,40-41,50,54,61H,6-11,14,19-20,27-34,37-39H2,1-5H3,(H,62,72)(H,63,73)(H,66,71)/t50-,54+/m0/s1. The molecule has 79 heavy (non-hydrogen) atoms. The molecule has 4 N–H and O–H groups in total. The van der Waals surface area contributed by atoms with Crippen LogP contribution in [-0.4, -0.2) is 123 Å². The van der Waals surface area contributed by atoms with Crippen LogP contribution < -0.4 is 26.0 Å². The van der Waals surface area contributed by atoms with E-state index in [1.165, 1.54) is 6.33 Å². The molecule has 0 spiro atoms. The molecule has 1 aliphatic heterocycles. The lowest BCUT2D eigenvalue weighted by Gasteiger charge is -2.35. The number of amides is 4. The fourth-order valence-electron chi connectivity index (χ4n) is 9.03. The number of nitrogens with zero attached hydrogens (tertiary/aromatic N) is 7. The zero-order valence-corrected chi connectivity index (χ0v) is 47.2. The number of rotatable bonds is 32. The zero-order chi connectivity index (χ0) is 55.8. The first-order valence-corrected chi connectivity index (χ1v) is 28.3. The Kier molecular flexibility index (Phi) is 23.3. The Hall–Kier alpha value is -7.13. The SMILES string of the molecule is Cc1ncsc1-c1ccc(CNC(=O)[C@@H]2CCCN2C(=O)[C@@H](NC(=O)CCCCOCCOCCOCCCCCCOc2cccc(CNC(=O)c3cccc(NCc4nnc(-c5ccncn5)n4C)c3)c2)C(C)(C)C)cc1. The molecule has 1 saturated heterocycles. The van der Waals surface area contributed by atoms with Crippen molar-refractivity contribution >= 4 is 40.7 Å². The number of carbonyl (C=O) groups excluding carboxylic acids is 4.